The summed E-state index contributed by atoms with van der Waals surface area (Å²) >= 11 is 0. The summed E-state index contributed by atoms with van der Waals surface area (Å²) in [5.74, 6) is 0.643. The highest BCUT2D eigenvalue weighted by Crippen LogP contribution is 2.13. The molecular weight excluding hydrogens is 200 g/mol. The number of aromatic nitrogens is 3. The molecule has 82 valence electrons. The molecule has 4 heteroatoms. The van der Waals surface area contributed by atoms with Crippen molar-refractivity contribution in [2.24, 2.45) is 5.73 Å². The van der Waals surface area contributed by atoms with Crippen molar-refractivity contribution in [2.45, 2.75) is 20.4 Å². The molecule has 0 aromatic carbocycles. The van der Waals surface area contributed by atoms with E-state index in [0.29, 0.717) is 12.4 Å². The van der Waals surface area contributed by atoms with E-state index in [2.05, 4.69) is 15.0 Å². The van der Waals surface area contributed by atoms with Crippen LogP contribution in [0, 0.1) is 13.8 Å². The SMILES string of the molecule is Cc1cccc(-c2nc(C)cc(CN)n2)n1. The Kier molecular flexibility index (Phi) is 2.92. The lowest BCUT2D eigenvalue weighted by atomic mass is 10.2. The van der Waals surface area contributed by atoms with Gasteiger partial charge in [-0.1, -0.05) is 6.07 Å². The fraction of sp³-hybridized carbons (Fsp3) is 0.250. The molecule has 0 fully saturated rings. The van der Waals surface area contributed by atoms with Gasteiger partial charge in [-0.15, -0.1) is 0 Å². The van der Waals surface area contributed by atoms with Gasteiger partial charge in [0.25, 0.3) is 0 Å². The summed E-state index contributed by atoms with van der Waals surface area (Å²) in [5.41, 5.74) is 9.08. The Labute approximate surface area is 94.6 Å². The minimum atomic E-state index is 0.419. The van der Waals surface area contributed by atoms with Crippen LogP contribution in [0.25, 0.3) is 11.5 Å². The largest absolute Gasteiger partial charge is 0.325 e. The van der Waals surface area contributed by atoms with Crippen LogP contribution in [-0.4, -0.2) is 15.0 Å². The molecule has 0 radical (unpaired) electrons. The van der Waals surface area contributed by atoms with Gasteiger partial charge in [0.1, 0.15) is 5.69 Å². The van der Waals surface area contributed by atoms with Gasteiger partial charge < -0.3 is 5.73 Å². The molecule has 2 rings (SSSR count). The molecule has 0 unspecified atom stereocenters. The number of rotatable bonds is 2. The van der Waals surface area contributed by atoms with E-state index in [4.69, 9.17) is 5.73 Å². The van der Waals surface area contributed by atoms with Crippen LogP contribution in [0.4, 0.5) is 0 Å². The highest BCUT2D eigenvalue weighted by molar-refractivity contribution is 5.49. The number of aryl methyl sites for hydroxylation is 2. The quantitative estimate of drug-likeness (QED) is 0.825. The van der Waals surface area contributed by atoms with Crippen molar-refractivity contribution in [1.82, 2.24) is 15.0 Å². The third-order valence-electron chi connectivity index (χ3n) is 2.23. The van der Waals surface area contributed by atoms with Gasteiger partial charge in [0.2, 0.25) is 0 Å². The third kappa shape index (κ3) is 2.23. The third-order valence-corrected chi connectivity index (χ3v) is 2.23. The lowest BCUT2D eigenvalue weighted by Gasteiger charge is -2.04. The van der Waals surface area contributed by atoms with Gasteiger partial charge in [0.15, 0.2) is 5.82 Å². The maximum absolute atomic E-state index is 5.58. The molecule has 2 N–H and O–H groups in total. The monoisotopic (exact) mass is 214 g/mol. The van der Waals surface area contributed by atoms with E-state index in [1.807, 2.05) is 38.1 Å². The molecule has 2 heterocycles. The summed E-state index contributed by atoms with van der Waals surface area (Å²) in [6, 6.07) is 7.69. The zero-order valence-corrected chi connectivity index (χ0v) is 9.44. The number of hydrogen-bond donors (Lipinski definition) is 1. The molecular formula is C12H14N4. The Hall–Kier alpha value is -1.81. The molecule has 0 amide bonds. The molecule has 0 saturated heterocycles. The summed E-state index contributed by atoms with van der Waals surface area (Å²) in [6.07, 6.45) is 0. The molecule has 2 aromatic rings. The first-order chi connectivity index (χ1) is 7.69. The van der Waals surface area contributed by atoms with Crippen LogP contribution in [0.1, 0.15) is 17.1 Å². The van der Waals surface area contributed by atoms with Gasteiger partial charge in [-0.3, -0.25) is 0 Å². The topological polar surface area (TPSA) is 64.7 Å². The Morgan fingerprint density at radius 2 is 1.88 bits per heavy atom. The average Bonchev–Trinajstić information content (AvgIpc) is 2.28. The normalized spacial score (nSPS) is 10.4. The summed E-state index contributed by atoms with van der Waals surface area (Å²) in [5, 5.41) is 0. The van der Waals surface area contributed by atoms with E-state index in [0.717, 1.165) is 22.8 Å². The van der Waals surface area contributed by atoms with Crippen LogP contribution in [-0.2, 0) is 6.54 Å². The molecule has 4 nitrogen and oxygen atoms in total. The fourth-order valence-corrected chi connectivity index (χ4v) is 1.52. The van der Waals surface area contributed by atoms with Crippen LogP contribution in [0.15, 0.2) is 24.3 Å². The molecule has 0 saturated carbocycles. The standard InChI is InChI=1S/C12H14N4/c1-8-4-3-5-11(14-8)12-15-9(2)6-10(7-13)16-12/h3-6H,7,13H2,1-2H3. The summed E-state index contributed by atoms with van der Waals surface area (Å²) in [4.78, 5) is 13.1. The second-order valence-corrected chi connectivity index (χ2v) is 3.69. The van der Waals surface area contributed by atoms with Gasteiger partial charge in [0.05, 0.1) is 5.69 Å². The van der Waals surface area contributed by atoms with E-state index in [1.165, 1.54) is 0 Å². The van der Waals surface area contributed by atoms with Crippen LogP contribution in [0.5, 0.6) is 0 Å². The predicted molar refractivity (Wildman–Crippen MR) is 62.6 cm³/mol. The average molecular weight is 214 g/mol. The lowest BCUT2D eigenvalue weighted by molar-refractivity contribution is 0.947. The second-order valence-electron chi connectivity index (χ2n) is 3.69. The van der Waals surface area contributed by atoms with Gasteiger partial charge in [-0.2, -0.15) is 0 Å². The lowest BCUT2D eigenvalue weighted by Crippen LogP contribution is -2.04. The van der Waals surface area contributed by atoms with Crippen molar-refractivity contribution in [2.75, 3.05) is 0 Å². The molecule has 0 aliphatic heterocycles. The molecule has 0 bridgehead atoms. The second kappa shape index (κ2) is 4.37. The van der Waals surface area contributed by atoms with Crippen LogP contribution < -0.4 is 5.73 Å². The minimum Gasteiger partial charge on any atom is -0.325 e. The zero-order valence-electron chi connectivity index (χ0n) is 9.44. The molecule has 0 aliphatic carbocycles. The Morgan fingerprint density at radius 1 is 1.06 bits per heavy atom. The first kappa shape index (κ1) is 10.7. The molecule has 2 aromatic heterocycles. The Balaban J connectivity index is 2.51. The van der Waals surface area contributed by atoms with Crippen molar-refractivity contribution in [3.8, 4) is 11.5 Å². The van der Waals surface area contributed by atoms with Crippen molar-refractivity contribution >= 4 is 0 Å². The molecule has 16 heavy (non-hydrogen) atoms. The number of pyridine rings is 1. The smallest absolute Gasteiger partial charge is 0.178 e. The highest BCUT2D eigenvalue weighted by atomic mass is 14.9. The molecule has 0 spiro atoms. The zero-order chi connectivity index (χ0) is 11.5. The Morgan fingerprint density at radius 3 is 2.56 bits per heavy atom. The van der Waals surface area contributed by atoms with Gasteiger partial charge in [0, 0.05) is 17.9 Å². The van der Waals surface area contributed by atoms with E-state index < -0.39 is 0 Å². The highest BCUT2D eigenvalue weighted by Gasteiger charge is 2.05. The van der Waals surface area contributed by atoms with Gasteiger partial charge in [-0.25, -0.2) is 15.0 Å². The summed E-state index contributed by atoms with van der Waals surface area (Å²) < 4.78 is 0. The number of nitrogens with zero attached hydrogens (tertiary/aromatic N) is 3. The summed E-state index contributed by atoms with van der Waals surface area (Å²) in [6.45, 7) is 4.30. The van der Waals surface area contributed by atoms with Crippen molar-refractivity contribution in [1.29, 1.82) is 0 Å². The first-order valence-electron chi connectivity index (χ1n) is 5.17. The van der Waals surface area contributed by atoms with Crippen molar-refractivity contribution in [3.05, 3.63) is 41.3 Å². The minimum absolute atomic E-state index is 0.419. The maximum Gasteiger partial charge on any atom is 0.178 e. The van der Waals surface area contributed by atoms with Crippen LogP contribution in [0.3, 0.4) is 0 Å². The maximum atomic E-state index is 5.58. The van der Waals surface area contributed by atoms with E-state index in [-0.39, 0.29) is 0 Å². The van der Waals surface area contributed by atoms with Crippen LogP contribution in [0.2, 0.25) is 0 Å². The first-order valence-corrected chi connectivity index (χ1v) is 5.17. The molecule has 0 atom stereocenters. The summed E-state index contributed by atoms with van der Waals surface area (Å²) in [7, 11) is 0. The predicted octanol–water partition coefficient (Wildman–Crippen LogP) is 1.61. The van der Waals surface area contributed by atoms with E-state index in [1.54, 1.807) is 0 Å². The van der Waals surface area contributed by atoms with Crippen molar-refractivity contribution < 1.29 is 0 Å². The fourth-order valence-electron chi connectivity index (χ4n) is 1.52. The van der Waals surface area contributed by atoms with Gasteiger partial charge in [-0.05, 0) is 32.0 Å². The number of hydrogen-bond acceptors (Lipinski definition) is 4. The Bertz CT molecular complexity index is 508. The van der Waals surface area contributed by atoms with E-state index >= 15 is 0 Å². The van der Waals surface area contributed by atoms with E-state index in [9.17, 15) is 0 Å². The van der Waals surface area contributed by atoms with Crippen LogP contribution >= 0.6 is 0 Å². The van der Waals surface area contributed by atoms with Crippen molar-refractivity contribution in [3.63, 3.8) is 0 Å². The molecule has 0 aliphatic rings. The van der Waals surface area contributed by atoms with Gasteiger partial charge >= 0.3 is 0 Å². The number of nitrogens with two attached hydrogens (primary N) is 1.